The molecule has 4 bridgehead atoms. The van der Waals surface area contributed by atoms with Crippen LogP contribution in [-0.2, 0) is 38.4 Å². The van der Waals surface area contributed by atoms with E-state index in [-0.39, 0.29) is 60.1 Å². The van der Waals surface area contributed by atoms with Gasteiger partial charge in [-0.3, -0.25) is 18.2 Å². The van der Waals surface area contributed by atoms with Crippen LogP contribution in [0, 0.1) is 39.4 Å². The Morgan fingerprint density at radius 1 is 0.741 bits per heavy atom. The number of Topliss-reactive ketones (excluding diaryl/α,β-unsaturated/α-hetero) is 2. The van der Waals surface area contributed by atoms with E-state index in [0.29, 0.717) is 37.9 Å². The molecule has 0 radical (unpaired) electrons. The second-order valence-corrected chi connectivity index (χ2v) is 19.6. The van der Waals surface area contributed by atoms with Crippen LogP contribution in [-0.4, -0.2) is 70.5 Å². The third-order valence-corrected chi connectivity index (χ3v) is 15.6. The van der Waals surface area contributed by atoms with E-state index in [1.165, 1.54) is 36.4 Å². The fourth-order valence-corrected chi connectivity index (χ4v) is 12.1. The lowest BCUT2D eigenvalue weighted by Crippen LogP contribution is -2.42. The predicted octanol–water partition coefficient (Wildman–Crippen LogP) is 7.12. The molecule has 12 nitrogen and oxygen atoms in total. The van der Waals surface area contributed by atoms with Crippen molar-refractivity contribution in [3.63, 3.8) is 0 Å². The molecule has 2 aromatic carbocycles. The summed E-state index contributed by atoms with van der Waals surface area (Å²) in [7, 11) is -10.7. The summed E-state index contributed by atoms with van der Waals surface area (Å²) in [4.78, 5) is 25.7. The second-order valence-electron chi connectivity index (χ2n) is 16.5. The Morgan fingerprint density at radius 2 is 1.29 bits per heavy atom. The molecule has 2 aromatic rings. The van der Waals surface area contributed by atoms with Gasteiger partial charge in [0.2, 0.25) is 0 Å². The van der Waals surface area contributed by atoms with E-state index in [9.17, 15) is 52.8 Å². The summed E-state index contributed by atoms with van der Waals surface area (Å²) < 4.78 is 150. The summed E-state index contributed by atoms with van der Waals surface area (Å²) >= 11 is 0. The SMILES string of the molecule is CC1(C)C2CCC1(CS(=O)(=O)O/N=C(/c1ccc(OCCCOc3ccc(/C(=N/OS(=O)(=O)C(F)(F)F)C4C56CCC(CC5=O)C46C)cc3)cc1)C(F)(F)F)C(=O)C2. The first-order valence-electron chi connectivity index (χ1n) is 18.6. The molecule has 0 amide bonds. The van der Waals surface area contributed by atoms with Gasteiger partial charge in [0.15, 0.2) is 5.71 Å². The highest BCUT2D eigenvalue weighted by atomic mass is 32.2. The average molecular weight is 863 g/mol. The number of halogens is 6. The molecular formula is C38H40F6N2O10S2. The Kier molecular flexibility index (Phi) is 10.1. The number of alkyl halides is 6. The van der Waals surface area contributed by atoms with Crippen LogP contribution >= 0.6 is 0 Å². The highest BCUT2D eigenvalue weighted by molar-refractivity contribution is 7.87. The summed E-state index contributed by atoms with van der Waals surface area (Å²) in [5, 5.41) is 6.49. The van der Waals surface area contributed by atoms with E-state index in [1.807, 2.05) is 6.92 Å². The van der Waals surface area contributed by atoms with Gasteiger partial charge >= 0.3 is 31.9 Å². The minimum absolute atomic E-state index is 0.00208. The molecule has 5 saturated carbocycles. The number of oxime groups is 2. The zero-order valence-electron chi connectivity index (χ0n) is 31.5. The maximum atomic E-state index is 14.0. The maximum Gasteiger partial charge on any atom is 0.536 e. The van der Waals surface area contributed by atoms with E-state index in [1.54, 1.807) is 13.8 Å². The molecule has 0 aromatic heterocycles. The molecule has 0 saturated heterocycles. The summed E-state index contributed by atoms with van der Waals surface area (Å²) in [5.74, 6) is -1.14. The van der Waals surface area contributed by atoms with Crippen LogP contribution in [0.1, 0.15) is 76.8 Å². The van der Waals surface area contributed by atoms with Gasteiger partial charge in [0, 0.05) is 36.2 Å². The molecule has 0 aliphatic heterocycles. The first-order chi connectivity index (χ1) is 26.9. The van der Waals surface area contributed by atoms with Gasteiger partial charge in [-0.1, -0.05) is 31.1 Å². The smallest absolute Gasteiger partial charge is 0.493 e. The van der Waals surface area contributed by atoms with Crippen molar-refractivity contribution in [2.45, 2.75) is 77.4 Å². The Hall–Kier alpha value is -4.20. The van der Waals surface area contributed by atoms with Crippen LogP contribution in [0.5, 0.6) is 11.5 Å². The number of ketones is 2. The predicted molar refractivity (Wildman–Crippen MR) is 193 cm³/mol. The molecule has 58 heavy (non-hydrogen) atoms. The minimum atomic E-state index is -6.05. The molecule has 20 heteroatoms. The largest absolute Gasteiger partial charge is 0.536 e. The van der Waals surface area contributed by atoms with Crippen molar-refractivity contribution in [3.8, 4) is 11.5 Å². The fraction of sp³-hybridized carbons (Fsp3) is 0.579. The number of hydrogen-bond donors (Lipinski definition) is 0. The normalized spacial score (nSPS) is 30.4. The zero-order chi connectivity index (χ0) is 42.3. The number of benzene rings is 2. The van der Waals surface area contributed by atoms with Gasteiger partial charge in [-0.25, -0.2) is 0 Å². The number of nitrogens with zero attached hydrogens (tertiary/aromatic N) is 2. The van der Waals surface area contributed by atoms with Crippen molar-refractivity contribution in [1.29, 1.82) is 0 Å². The summed E-state index contributed by atoms with van der Waals surface area (Å²) in [5.41, 5.74) is -10.9. The van der Waals surface area contributed by atoms with E-state index in [2.05, 4.69) is 18.9 Å². The standard InChI is InChI=1S/C38H40F6N2O10S2/c1-33(2)24-13-15-35(33,28(47)19-24)21-57(49,50)55-46-32(37(39,40)41)23-7-11-27(12-8-23)54-18-4-17-53-26-9-5-22(6-10-26)30(45-56-58(51,52)38(42,43)44)31-34(3)25-14-16-36(31,34)29(48)20-25/h5-12,24-25,31H,4,13-21H2,1-3H3/b45-30-,46-32-. The first-order valence-corrected chi connectivity index (χ1v) is 21.6. The molecule has 5 fully saturated rings. The van der Waals surface area contributed by atoms with Crippen molar-refractivity contribution >= 4 is 43.2 Å². The molecule has 316 valence electrons. The van der Waals surface area contributed by atoms with E-state index < -0.39 is 76.5 Å². The Balaban J connectivity index is 0.937. The van der Waals surface area contributed by atoms with Gasteiger partial charge < -0.3 is 9.47 Å². The number of rotatable bonds is 15. The number of carbonyl (C=O) groups excluding carboxylic acids is 2. The first kappa shape index (κ1) is 41.9. The Bertz CT molecular complexity index is 2280. The highest BCUT2D eigenvalue weighted by Crippen LogP contribution is 2.85. The number of carbonyl (C=O) groups is 2. The van der Waals surface area contributed by atoms with Crippen molar-refractivity contribution in [1.82, 2.24) is 0 Å². The molecule has 6 unspecified atom stereocenters. The van der Waals surface area contributed by atoms with Crippen LogP contribution in [0.25, 0.3) is 0 Å². The lowest BCUT2D eigenvalue weighted by atomic mass is 9.70. The monoisotopic (exact) mass is 862 g/mol. The number of fused-ring (bicyclic) bond motifs is 2. The molecule has 0 spiro atoms. The molecule has 0 N–H and O–H groups in total. The molecular weight excluding hydrogens is 823 g/mol. The molecule has 0 heterocycles. The van der Waals surface area contributed by atoms with E-state index >= 15 is 0 Å². The van der Waals surface area contributed by atoms with E-state index in [4.69, 9.17) is 9.47 Å². The topological polar surface area (TPSA) is 164 Å². The van der Waals surface area contributed by atoms with Crippen LogP contribution in [0.4, 0.5) is 26.3 Å². The lowest BCUT2D eigenvalue weighted by molar-refractivity contribution is -0.128. The minimum Gasteiger partial charge on any atom is -0.493 e. The number of hydrogen-bond acceptors (Lipinski definition) is 12. The summed E-state index contributed by atoms with van der Waals surface area (Å²) in [6.07, 6.45) is -1.98. The van der Waals surface area contributed by atoms with Crippen LogP contribution < -0.4 is 9.47 Å². The van der Waals surface area contributed by atoms with Crippen molar-refractivity contribution in [2.24, 2.45) is 49.7 Å². The summed E-state index contributed by atoms with van der Waals surface area (Å²) in [6, 6.07) is 10.5. The highest BCUT2D eigenvalue weighted by Gasteiger charge is 2.87. The van der Waals surface area contributed by atoms with E-state index in [0.717, 1.165) is 18.6 Å². The van der Waals surface area contributed by atoms with Gasteiger partial charge in [-0.05, 0) is 102 Å². The number of ether oxygens (including phenoxy) is 2. The fourth-order valence-electron chi connectivity index (χ4n) is 10.3. The molecule has 7 rings (SSSR count). The van der Waals surface area contributed by atoms with Gasteiger partial charge in [-0.2, -0.15) is 43.2 Å². The van der Waals surface area contributed by atoms with Crippen LogP contribution in [0.15, 0.2) is 58.8 Å². The zero-order valence-corrected chi connectivity index (χ0v) is 33.1. The summed E-state index contributed by atoms with van der Waals surface area (Å²) in [6.45, 7) is 5.62. The molecule has 6 atom stereocenters. The average Bonchev–Trinajstić information content (AvgIpc) is 3.26. The second kappa shape index (κ2) is 13.9. The van der Waals surface area contributed by atoms with Crippen molar-refractivity contribution in [2.75, 3.05) is 19.0 Å². The van der Waals surface area contributed by atoms with Gasteiger partial charge in [-0.15, -0.1) is 0 Å². The third-order valence-electron chi connectivity index (χ3n) is 13.6. The van der Waals surface area contributed by atoms with Gasteiger partial charge in [0.25, 0.3) is 0 Å². The molecule has 5 aliphatic carbocycles. The van der Waals surface area contributed by atoms with Gasteiger partial charge in [0.1, 0.15) is 28.8 Å². The maximum absolute atomic E-state index is 14.0. The Morgan fingerprint density at radius 3 is 1.76 bits per heavy atom. The molecule has 5 aliphatic rings. The van der Waals surface area contributed by atoms with Gasteiger partial charge in [0.05, 0.1) is 24.3 Å². The third kappa shape index (κ3) is 6.74. The lowest BCUT2D eigenvalue weighted by Gasteiger charge is -2.35. The van der Waals surface area contributed by atoms with Crippen molar-refractivity contribution < 1.29 is 70.8 Å². The Labute approximate surface area is 330 Å². The van der Waals surface area contributed by atoms with Crippen LogP contribution in [0.3, 0.4) is 0 Å². The quantitative estimate of drug-likeness (QED) is 0.0592. The van der Waals surface area contributed by atoms with Crippen LogP contribution in [0.2, 0.25) is 0 Å². The van der Waals surface area contributed by atoms with Crippen molar-refractivity contribution in [3.05, 3.63) is 59.7 Å².